The summed E-state index contributed by atoms with van der Waals surface area (Å²) in [5.41, 5.74) is 1.06. The van der Waals surface area contributed by atoms with Crippen molar-refractivity contribution < 1.29 is 27.8 Å². The number of benzene rings is 2. The second kappa shape index (κ2) is 8.87. The summed E-state index contributed by atoms with van der Waals surface area (Å²) in [6.45, 7) is 0. The largest absolute Gasteiger partial charge is 0.493 e. The first kappa shape index (κ1) is 19.9. The number of carbonyl (C=O) groups is 1. The fourth-order valence-corrected chi connectivity index (χ4v) is 2.53. The number of anilines is 1. The van der Waals surface area contributed by atoms with Gasteiger partial charge in [0.2, 0.25) is 11.6 Å². The topological polar surface area (TPSA) is 95.7 Å². The number of nitrogens with one attached hydrogen (secondary N) is 1. The fraction of sp³-hybridized carbons (Fsp3) is 0.150. The van der Waals surface area contributed by atoms with Crippen LogP contribution in [0.4, 0.5) is 10.4 Å². The highest BCUT2D eigenvalue weighted by atomic mass is 19.1. The molecule has 0 aliphatic heterocycles. The van der Waals surface area contributed by atoms with Crippen LogP contribution in [-0.2, 0) is 4.79 Å². The number of methoxy groups -OCH3 is 3. The Balaban J connectivity index is 1.72. The van der Waals surface area contributed by atoms with Gasteiger partial charge in [0.25, 0.3) is 5.91 Å². The first-order valence-corrected chi connectivity index (χ1v) is 8.42. The van der Waals surface area contributed by atoms with Crippen molar-refractivity contribution >= 4 is 18.0 Å². The zero-order valence-electron chi connectivity index (χ0n) is 15.9. The summed E-state index contributed by atoms with van der Waals surface area (Å²) in [7, 11) is 4.51. The average Bonchev–Trinajstić information content (AvgIpc) is 3.19. The van der Waals surface area contributed by atoms with Crippen molar-refractivity contribution in [2.24, 2.45) is 0 Å². The molecule has 0 atom stereocenters. The van der Waals surface area contributed by atoms with Gasteiger partial charge in [0.1, 0.15) is 5.82 Å². The molecule has 0 unspecified atom stereocenters. The van der Waals surface area contributed by atoms with Gasteiger partial charge in [0.15, 0.2) is 11.5 Å². The predicted octanol–water partition coefficient (Wildman–Crippen LogP) is 3.55. The van der Waals surface area contributed by atoms with Gasteiger partial charge in [0.05, 0.1) is 21.3 Å². The molecule has 0 saturated carbocycles. The highest BCUT2D eigenvalue weighted by molar-refractivity contribution is 6.00. The number of halogens is 1. The zero-order chi connectivity index (χ0) is 20.8. The maximum Gasteiger partial charge on any atom is 0.322 e. The van der Waals surface area contributed by atoms with Crippen molar-refractivity contribution in [1.82, 2.24) is 10.2 Å². The van der Waals surface area contributed by atoms with E-state index in [0.717, 1.165) is 0 Å². The van der Waals surface area contributed by atoms with Crippen LogP contribution in [0.1, 0.15) is 5.56 Å². The molecule has 8 nitrogen and oxygen atoms in total. The van der Waals surface area contributed by atoms with E-state index in [0.29, 0.717) is 28.4 Å². The summed E-state index contributed by atoms with van der Waals surface area (Å²) in [4.78, 5) is 12.1. The Bertz CT molecular complexity index is 1020. The maximum absolute atomic E-state index is 13.3. The van der Waals surface area contributed by atoms with Gasteiger partial charge in [-0.25, -0.2) is 4.39 Å². The molecule has 29 heavy (non-hydrogen) atoms. The summed E-state index contributed by atoms with van der Waals surface area (Å²) < 4.78 is 34.4. The van der Waals surface area contributed by atoms with Gasteiger partial charge >= 0.3 is 6.01 Å². The standard InChI is InChI=1S/C20H18FN3O5/c1-26-15-9-12(10-16(27-2)18(15)28-3)7-8-17(25)22-20-24-23-19(29-20)13-5-4-6-14(21)11-13/h4-11H,1-3H3,(H,22,24,25). The van der Waals surface area contributed by atoms with Crippen LogP contribution in [0, 0.1) is 5.82 Å². The smallest absolute Gasteiger partial charge is 0.322 e. The van der Waals surface area contributed by atoms with Crippen molar-refractivity contribution in [1.29, 1.82) is 0 Å². The first-order valence-electron chi connectivity index (χ1n) is 8.42. The monoisotopic (exact) mass is 399 g/mol. The van der Waals surface area contributed by atoms with Crippen LogP contribution in [0.25, 0.3) is 17.5 Å². The summed E-state index contributed by atoms with van der Waals surface area (Å²) in [5.74, 6) is 0.542. The highest BCUT2D eigenvalue weighted by Crippen LogP contribution is 2.38. The minimum atomic E-state index is -0.492. The third kappa shape index (κ3) is 4.70. The molecular formula is C20H18FN3O5. The molecular weight excluding hydrogens is 381 g/mol. The van der Waals surface area contributed by atoms with Crippen molar-refractivity contribution in [3.8, 4) is 28.7 Å². The van der Waals surface area contributed by atoms with Gasteiger partial charge in [-0.05, 0) is 42.0 Å². The highest BCUT2D eigenvalue weighted by Gasteiger charge is 2.13. The molecule has 0 radical (unpaired) electrons. The van der Waals surface area contributed by atoms with Crippen molar-refractivity contribution in [2.75, 3.05) is 26.6 Å². The van der Waals surface area contributed by atoms with Crippen LogP contribution in [0.15, 0.2) is 46.9 Å². The van der Waals surface area contributed by atoms with Crippen molar-refractivity contribution in [3.05, 3.63) is 53.9 Å². The molecule has 0 fully saturated rings. The van der Waals surface area contributed by atoms with Crippen LogP contribution in [0.2, 0.25) is 0 Å². The molecule has 0 aliphatic carbocycles. The number of hydrogen-bond acceptors (Lipinski definition) is 7. The summed E-state index contributed by atoms with van der Waals surface area (Å²) in [5, 5.41) is 9.98. The Morgan fingerprint density at radius 2 is 1.79 bits per heavy atom. The van der Waals surface area contributed by atoms with E-state index in [-0.39, 0.29) is 11.9 Å². The van der Waals surface area contributed by atoms with Gasteiger partial charge in [0, 0.05) is 11.6 Å². The third-order valence-corrected chi connectivity index (χ3v) is 3.84. The minimum absolute atomic E-state index is 0.0911. The minimum Gasteiger partial charge on any atom is -0.493 e. The lowest BCUT2D eigenvalue weighted by Crippen LogP contribution is -2.07. The normalized spacial score (nSPS) is 10.8. The van der Waals surface area contributed by atoms with Gasteiger partial charge < -0.3 is 18.6 Å². The number of amides is 1. The first-order chi connectivity index (χ1) is 14.0. The number of aromatic nitrogens is 2. The van der Waals surface area contributed by atoms with E-state index in [1.54, 1.807) is 24.3 Å². The summed E-state index contributed by atoms with van der Waals surface area (Å²) in [6, 6.07) is 8.98. The molecule has 1 amide bonds. The molecule has 0 bridgehead atoms. The van der Waals surface area contributed by atoms with E-state index in [2.05, 4.69) is 15.5 Å². The van der Waals surface area contributed by atoms with Gasteiger partial charge in [-0.3, -0.25) is 10.1 Å². The Labute approximate surface area is 165 Å². The van der Waals surface area contributed by atoms with E-state index in [1.165, 1.54) is 45.6 Å². The molecule has 3 rings (SSSR count). The Morgan fingerprint density at radius 1 is 1.07 bits per heavy atom. The summed E-state index contributed by atoms with van der Waals surface area (Å²) >= 11 is 0. The lowest BCUT2D eigenvalue weighted by atomic mass is 10.1. The van der Waals surface area contributed by atoms with Crippen molar-refractivity contribution in [2.45, 2.75) is 0 Å². The van der Waals surface area contributed by atoms with Crippen LogP contribution >= 0.6 is 0 Å². The van der Waals surface area contributed by atoms with Gasteiger partial charge in [-0.15, -0.1) is 5.10 Å². The summed E-state index contributed by atoms with van der Waals surface area (Å²) in [6.07, 6.45) is 2.84. The molecule has 9 heteroatoms. The Kier molecular flexibility index (Phi) is 6.08. The quantitative estimate of drug-likeness (QED) is 0.607. The molecule has 150 valence electrons. The third-order valence-electron chi connectivity index (χ3n) is 3.84. The predicted molar refractivity (Wildman–Crippen MR) is 103 cm³/mol. The molecule has 1 N–H and O–H groups in total. The van der Waals surface area contributed by atoms with Crippen LogP contribution < -0.4 is 19.5 Å². The maximum atomic E-state index is 13.3. The van der Waals surface area contributed by atoms with Crippen molar-refractivity contribution in [3.63, 3.8) is 0 Å². The average molecular weight is 399 g/mol. The second-order valence-electron chi connectivity index (χ2n) is 5.70. The lowest BCUT2D eigenvalue weighted by Gasteiger charge is -2.12. The molecule has 2 aromatic carbocycles. The van der Waals surface area contributed by atoms with Gasteiger partial charge in [-0.2, -0.15) is 0 Å². The molecule has 0 aliphatic rings. The Morgan fingerprint density at radius 3 is 2.41 bits per heavy atom. The SMILES string of the molecule is COc1cc(C=CC(=O)Nc2nnc(-c3cccc(F)c3)o2)cc(OC)c1OC. The zero-order valence-corrected chi connectivity index (χ0v) is 15.9. The van der Waals surface area contributed by atoms with Crippen LogP contribution in [-0.4, -0.2) is 37.4 Å². The van der Waals surface area contributed by atoms with E-state index >= 15 is 0 Å². The molecule has 0 spiro atoms. The van der Waals surface area contributed by atoms with Crippen LogP contribution in [0.5, 0.6) is 17.2 Å². The molecule has 1 aromatic heterocycles. The van der Waals surface area contributed by atoms with Gasteiger partial charge in [-0.1, -0.05) is 11.2 Å². The Hall–Kier alpha value is -3.88. The number of rotatable bonds is 7. The van der Waals surface area contributed by atoms with Crippen LogP contribution in [0.3, 0.4) is 0 Å². The number of ether oxygens (including phenoxy) is 3. The second-order valence-corrected chi connectivity index (χ2v) is 5.70. The number of nitrogens with zero attached hydrogens (tertiary/aromatic N) is 2. The van der Waals surface area contributed by atoms with E-state index in [4.69, 9.17) is 18.6 Å². The van der Waals surface area contributed by atoms with E-state index in [1.807, 2.05) is 0 Å². The number of carbonyl (C=O) groups excluding carboxylic acids is 1. The molecule has 1 heterocycles. The lowest BCUT2D eigenvalue weighted by molar-refractivity contribution is -0.112. The number of hydrogen-bond donors (Lipinski definition) is 1. The fourth-order valence-electron chi connectivity index (χ4n) is 2.53. The van der Waals surface area contributed by atoms with E-state index < -0.39 is 11.7 Å². The van der Waals surface area contributed by atoms with E-state index in [9.17, 15) is 9.18 Å². The molecule has 3 aromatic rings. The molecule has 0 saturated heterocycles.